The minimum atomic E-state index is -0.270. The second-order valence-electron chi connectivity index (χ2n) is 5.10. The summed E-state index contributed by atoms with van der Waals surface area (Å²) in [6.07, 6.45) is 4.93. The Morgan fingerprint density at radius 2 is 2.06 bits per heavy atom. The molecule has 1 aromatic carbocycles. The predicted octanol–water partition coefficient (Wildman–Crippen LogP) is 3.69. The number of esters is 1. The van der Waals surface area contributed by atoms with Gasteiger partial charge in [-0.2, -0.15) is 0 Å². The van der Waals surface area contributed by atoms with Crippen molar-refractivity contribution >= 4 is 17.6 Å². The molecule has 2 fully saturated rings. The van der Waals surface area contributed by atoms with Crippen LogP contribution in [0.15, 0.2) is 24.3 Å². The summed E-state index contributed by atoms with van der Waals surface area (Å²) in [7, 11) is 0. The molecule has 0 aliphatic heterocycles. The fourth-order valence-electron chi connectivity index (χ4n) is 3.16. The Hall–Kier alpha value is -1.02. The highest BCUT2D eigenvalue weighted by Crippen LogP contribution is 2.46. The lowest BCUT2D eigenvalue weighted by atomic mass is 9.98. The molecule has 2 bridgehead atoms. The molecule has 0 aromatic heterocycles. The SMILES string of the molecule is O=C(OC1CC2CCC1C2)c1ccccc1Cl. The van der Waals surface area contributed by atoms with Gasteiger partial charge in [0.2, 0.25) is 0 Å². The normalized spacial score (nSPS) is 30.5. The number of carbonyl (C=O) groups excluding carboxylic acids is 1. The van der Waals surface area contributed by atoms with Crippen LogP contribution in [0.2, 0.25) is 5.02 Å². The average molecular weight is 251 g/mol. The molecular formula is C14H15ClO2. The van der Waals surface area contributed by atoms with Gasteiger partial charge in [-0.15, -0.1) is 0 Å². The summed E-state index contributed by atoms with van der Waals surface area (Å²) in [5, 5.41) is 0.473. The number of hydrogen-bond acceptors (Lipinski definition) is 2. The zero-order valence-electron chi connectivity index (χ0n) is 9.56. The molecule has 17 heavy (non-hydrogen) atoms. The molecule has 0 saturated heterocycles. The van der Waals surface area contributed by atoms with E-state index in [0.717, 1.165) is 12.3 Å². The van der Waals surface area contributed by atoms with Gasteiger partial charge in [-0.1, -0.05) is 23.7 Å². The zero-order chi connectivity index (χ0) is 11.8. The molecule has 3 atom stereocenters. The minimum absolute atomic E-state index is 0.123. The van der Waals surface area contributed by atoms with Crippen molar-refractivity contribution in [2.24, 2.45) is 11.8 Å². The van der Waals surface area contributed by atoms with Crippen molar-refractivity contribution < 1.29 is 9.53 Å². The van der Waals surface area contributed by atoms with E-state index in [1.54, 1.807) is 12.1 Å². The lowest BCUT2D eigenvalue weighted by Crippen LogP contribution is -2.24. The van der Waals surface area contributed by atoms with E-state index in [9.17, 15) is 4.79 Å². The Kier molecular flexibility index (Phi) is 2.83. The predicted molar refractivity (Wildman–Crippen MR) is 66.1 cm³/mol. The molecule has 0 N–H and O–H groups in total. The maximum Gasteiger partial charge on any atom is 0.339 e. The van der Waals surface area contributed by atoms with Crippen LogP contribution in [-0.4, -0.2) is 12.1 Å². The van der Waals surface area contributed by atoms with E-state index < -0.39 is 0 Å². The van der Waals surface area contributed by atoms with E-state index in [1.165, 1.54) is 19.3 Å². The Labute approximate surface area is 106 Å². The Morgan fingerprint density at radius 1 is 1.24 bits per heavy atom. The molecule has 2 nitrogen and oxygen atoms in total. The maximum absolute atomic E-state index is 12.0. The number of fused-ring (bicyclic) bond motifs is 2. The molecule has 2 saturated carbocycles. The first kappa shape index (κ1) is 11.1. The monoisotopic (exact) mass is 250 g/mol. The van der Waals surface area contributed by atoms with Crippen molar-refractivity contribution in [3.05, 3.63) is 34.9 Å². The Bertz CT molecular complexity index is 444. The van der Waals surface area contributed by atoms with Gasteiger partial charge >= 0.3 is 5.97 Å². The van der Waals surface area contributed by atoms with Crippen LogP contribution in [0.1, 0.15) is 36.0 Å². The molecule has 0 spiro atoms. The van der Waals surface area contributed by atoms with Crippen molar-refractivity contribution in [2.75, 3.05) is 0 Å². The highest BCUT2D eigenvalue weighted by Gasteiger charge is 2.41. The quantitative estimate of drug-likeness (QED) is 0.749. The second-order valence-corrected chi connectivity index (χ2v) is 5.51. The molecule has 3 heteroatoms. The third kappa shape index (κ3) is 2.06. The van der Waals surface area contributed by atoms with Crippen molar-refractivity contribution in [3.8, 4) is 0 Å². The van der Waals surface area contributed by atoms with Gasteiger partial charge in [0, 0.05) is 0 Å². The summed E-state index contributed by atoms with van der Waals surface area (Å²) in [6, 6.07) is 7.07. The summed E-state index contributed by atoms with van der Waals surface area (Å²) >= 11 is 5.98. The van der Waals surface area contributed by atoms with Crippen LogP contribution in [0.25, 0.3) is 0 Å². The number of hydrogen-bond donors (Lipinski definition) is 0. The lowest BCUT2D eigenvalue weighted by molar-refractivity contribution is 0.0159. The molecule has 3 unspecified atom stereocenters. The van der Waals surface area contributed by atoms with Gasteiger partial charge in [-0.05, 0) is 49.7 Å². The van der Waals surface area contributed by atoms with Crippen LogP contribution in [0.3, 0.4) is 0 Å². The molecule has 0 heterocycles. The van der Waals surface area contributed by atoms with Crippen LogP contribution in [0.5, 0.6) is 0 Å². The van der Waals surface area contributed by atoms with Crippen LogP contribution in [0, 0.1) is 11.8 Å². The smallest absolute Gasteiger partial charge is 0.339 e. The third-order valence-corrected chi connectivity index (χ3v) is 4.35. The summed E-state index contributed by atoms with van der Waals surface area (Å²) in [5.74, 6) is 1.10. The van der Waals surface area contributed by atoms with Crippen molar-refractivity contribution in [1.29, 1.82) is 0 Å². The highest BCUT2D eigenvalue weighted by molar-refractivity contribution is 6.33. The zero-order valence-corrected chi connectivity index (χ0v) is 10.3. The van der Waals surface area contributed by atoms with E-state index >= 15 is 0 Å². The number of ether oxygens (including phenoxy) is 1. The molecule has 2 aliphatic rings. The van der Waals surface area contributed by atoms with Crippen molar-refractivity contribution in [3.63, 3.8) is 0 Å². The van der Waals surface area contributed by atoms with Gasteiger partial charge in [-0.25, -0.2) is 4.79 Å². The van der Waals surface area contributed by atoms with Crippen LogP contribution < -0.4 is 0 Å². The highest BCUT2D eigenvalue weighted by atomic mass is 35.5. The summed E-state index contributed by atoms with van der Waals surface area (Å²) < 4.78 is 5.59. The first-order valence-electron chi connectivity index (χ1n) is 6.19. The second kappa shape index (κ2) is 4.34. The number of benzene rings is 1. The number of carbonyl (C=O) groups is 1. The van der Waals surface area contributed by atoms with Gasteiger partial charge in [0.1, 0.15) is 6.10 Å². The largest absolute Gasteiger partial charge is 0.458 e. The van der Waals surface area contributed by atoms with Gasteiger partial charge in [-0.3, -0.25) is 0 Å². The number of rotatable bonds is 2. The molecule has 0 radical (unpaired) electrons. The first-order chi connectivity index (χ1) is 8.24. The summed E-state index contributed by atoms with van der Waals surface area (Å²) in [4.78, 5) is 12.0. The van der Waals surface area contributed by atoms with Crippen LogP contribution >= 0.6 is 11.6 Å². The topological polar surface area (TPSA) is 26.3 Å². The van der Waals surface area contributed by atoms with E-state index in [4.69, 9.17) is 16.3 Å². The van der Waals surface area contributed by atoms with E-state index in [2.05, 4.69) is 0 Å². The van der Waals surface area contributed by atoms with Gasteiger partial charge in [0.05, 0.1) is 10.6 Å². The van der Waals surface area contributed by atoms with Gasteiger partial charge in [0.15, 0.2) is 0 Å². The Balaban J connectivity index is 1.70. The molecule has 1 aromatic rings. The van der Waals surface area contributed by atoms with Crippen molar-refractivity contribution in [2.45, 2.75) is 31.8 Å². The van der Waals surface area contributed by atoms with Crippen LogP contribution in [0.4, 0.5) is 0 Å². The van der Waals surface area contributed by atoms with Gasteiger partial charge in [0.25, 0.3) is 0 Å². The van der Waals surface area contributed by atoms with Crippen molar-refractivity contribution in [1.82, 2.24) is 0 Å². The standard InChI is InChI=1S/C14H15ClO2/c15-12-4-2-1-3-11(12)14(16)17-13-8-9-5-6-10(13)7-9/h1-4,9-10,13H,5-8H2. The minimum Gasteiger partial charge on any atom is -0.458 e. The maximum atomic E-state index is 12.0. The van der Waals surface area contributed by atoms with E-state index in [1.807, 2.05) is 12.1 Å². The van der Waals surface area contributed by atoms with Gasteiger partial charge < -0.3 is 4.74 Å². The summed E-state index contributed by atoms with van der Waals surface area (Å²) in [6.45, 7) is 0. The third-order valence-electron chi connectivity index (χ3n) is 4.03. The average Bonchev–Trinajstić information content (AvgIpc) is 2.91. The number of halogens is 1. The fraction of sp³-hybridized carbons (Fsp3) is 0.500. The lowest BCUT2D eigenvalue weighted by Gasteiger charge is -2.22. The molecule has 3 rings (SSSR count). The van der Waals surface area contributed by atoms with E-state index in [0.29, 0.717) is 16.5 Å². The molecule has 90 valence electrons. The van der Waals surface area contributed by atoms with E-state index in [-0.39, 0.29) is 12.1 Å². The molecule has 2 aliphatic carbocycles. The first-order valence-corrected chi connectivity index (χ1v) is 6.57. The molecule has 0 amide bonds. The fourth-order valence-corrected chi connectivity index (χ4v) is 3.37. The Morgan fingerprint density at radius 3 is 2.71 bits per heavy atom. The molecular weight excluding hydrogens is 236 g/mol. The summed E-state index contributed by atoms with van der Waals surface area (Å²) in [5.41, 5.74) is 0.483. The van der Waals surface area contributed by atoms with Crippen LogP contribution in [-0.2, 0) is 4.74 Å².